The smallest absolute Gasteiger partial charge is 0.284 e. The molecule has 0 unspecified atom stereocenters. The monoisotopic (exact) mass is 434 g/mol. The van der Waals surface area contributed by atoms with Crippen molar-refractivity contribution in [3.05, 3.63) is 23.7 Å². The minimum Gasteiger partial charge on any atom is -0.454 e. The summed E-state index contributed by atoms with van der Waals surface area (Å²) in [6.45, 7) is 3.66. The molecule has 23 heavy (non-hydrogen) atoms. The molecule has 1 saturated carbocycles. The van der Waals surface area contributed by atoms with Crippen LogP contribution in [0.5, 0.6) is 0 Å². The number of carbonyl (C=O) groups is 1. The van der Waals surface area contributed by atoms with Gasteiger partial charge in [0.1, 0.15) is 5.76 Å². The highest BCUT2D eigenvalue weighted by Crippen LogP contribution is 2.40. The molecule has 0 atom stereocenters. The number of nitrogens with one attached hydrogen (secondary N) is 2. The maximum Gasteiger partial charge on any atom is 0.284 e. The Labute approximate surface area is 154 Å². The van der Waals surface area contributed by atoms with Gasteiger partial charge in [0.25, 0.3) is 5.91 Å². The maximum atomic E-state index is 11.0. The average molecular weight is 434 g/mol. The van der Waals surface area contributed by atoms with Crippen molar-refractivity contribution in [2.24, 2.45) is 16.1 Å². The molecule has 0 aromatic carbocycles. The minimum atomic E-state index is -0.556. The molecule has 0 saturated heterocycles. The number of amides is 1. The molecule has 1 amide bonds. The van der Waals surface area contributed by atoms with E-state index in [1.807, 2.05) is 0 Å². The first-order valence-electron chi connectivity index (χ1n) is 7.91. The van der Waals surface area contributed by atoms with Crippen LogP contribution in [0.15, 0.2) is 21.5 Å². The van der Waals surface area contributed by atoms with Gasteiger partial charge >= 0.3 is 0 Å². The van der Waals surface area contributed by atoms with Crippen molar-refractivity contribution in [1.82, 2.24) is 10.6 Å². The molecule has 1 fully saturated rings. The van der Waals surface area contributed by atoms with E-state index in [1.54, 1.807) is 19.2 Å². The van der Waals surface area contributed by atoms with Crippen LogP contribution in [-0.2, 0) is 6.54 Å². The summed E-state index contributed by atoms with van der Waals surface area (Å²) in [5, 5.41) is 6.60. The van der Waals surface area contributed by atoms with E-state index in [9.17, 15) is 4.79 Å². The van der Waals surface area contributed by atoms with Crippen molar-refractivity contribution in [3.63, 3.8) is 0 Å². The SMILES string of the molecule is CCC1(CNC(=NC)NCc2ccc(C(N)=O)o2)CCCC1.I. The van der Waals surface area contributed by atoms with Crippen molar-refractivity contribution in [1.29, 1.82) is 0 Å². The number of nitrogens with zero attached hydrogens (tertiary/aromatic N) is 1. The summed E-state index contributed by atoms with van der Waals surface area (Å²) < 4.78 is 5.34. The molecule has 7 heteroatoms. The number of rotatable bonds is 6. The number of aliphatic imine (C=N–C) groups is 1. The molecule has 0 radical (unpaired) electrons. The third-order valence-corrected chi connectivity index (χ3v) is 4.60. The Kier molecular flexibility index (Phi) is 7.87. The van der Waals surface area contributed by atoms with E-state index in [4.69, 9.17) is 10.2 Å². The van der Waals surface area contributed by atoms with Gasteiger partial charge in [0.05, 0.1) is 6.54 Å². The van der Waals surface area contributed by atoms with Gasteiger partial charge in [-0.2, -0.15) is 0 Å². The third kappa shape index (κ3) is 5.40. The highest BCUT2D eigenvalue weighted by Gasteiger charge is 2.31. The van der Waals surface area contributed by atoms with E-state index >= 15 is 0 Å². The fourth-order valence-electron chi connectivity index (χ4n) is 3.05. The van der Waals surface area contributed by atoms with Crippen molar-refractivity contribution >= 4 is 35.8 Å². The molecule has 4 N–H and O–H groups in total. The number of primary amides is 1. The normalized spacial score (nSPS) is 16.7. The number of carbonyl (C=O) groups excluding carboxylic acids is 1. The number of hydrogen-bond donors (Lipinski definition) is 3. The number of nitrogens with two attached hydrogens (primary N) is 1. The highest BCUT2D eigenvalue weighted by molar-refractivity contribution is 14.0. The zero-order valence-corrected chi connectivity index (χ0v) is 16.2. The Morgan fingerprint density at radius 3 is 2.57 bits per heavy atom. The predicted octanol–water partition coefficient (Wildman–Crippen LogP) is 2.63. The minimum absolute atomic E-state index is 0. The maximum absolute atomic E-state index is 11.0. The lowest BCUT2D eigenvalue weighted by Crippen LogP contribution is -2.42. The van der Waals surface area contributed by atoms with Crippen LogP contribution in [0.4, 0.5) is 0 Å². The summed E-state index contributed by atoms with van der Waals surface area (Å²) in [6.07, 6.45) is 6.41. The Morgan fingerprint density at radius 2 is 2.04 bits per heavy atom. The second-order valence-electron chi connectivity index (χ2n) is 5.97. The van der Waals surface area contributed by atoms with Crippen LogP contribution >= 0.6 is 24.0 Å². The van der Waals surface area contributed by atoms with Gasteiger partial charge in [0.2, 0.25) is 0 Å². The van der Waals surface area contributed by atoms with E-state index < -0.39 is 5.91 Å². The van der Waals surface area contributed by atoms with Crippen molar-refractivity contribution in [3.8, 4) is 0 Å². The number of halogens is 1. The standard InChI is InChI=1S/C16H26N4O2.HI/c1-3-16(8-4-5-9-16)11-20-15(18-2)19-10-12-6-7-13(22-12)14(17)21;/h6-7H,3-5,8-11H2,1-2H3,(H2,17,21)(H2,18,19,20);1H. The zero-order chi connectivity index (χ0) is 16.0. The topological polar surface area (TPSA) is 92.6 Å². The Morgan fingerprint density at radius 1 is 1.35 bits per heavy atom. The van der Waals surface area contributed by atoms with Gasteiger partial charge in [-0.3, -0.25) is 9.79 Å². The zero-order valence-electron chi connectivity index (χ0n) is 13.9. The van der Waals surface area contributed by atoms with E-state index in [1.165, 1.54) is 32.1 Å². The van der Waals surface area contributed by atoms with Gasteiger partial charge in [-0.05, 0) is 36.8 Å². The highest BCUT2D eigenvalue weighted by atomic mass is 127. The number of furan rings is 1. The lowest BCUT2D eigenvalue weighted by atomic mass is 9.83. The molecule has 0 spiro atoms. The predicted molar refractivity (Wildman–Crippen MR) is 102 cm³/mol. The van der Waals surface area contributed by atoms with E-state index in [2.05, 4.69) is 22.5 Å². The van der Waals surface area contributed by atoms with Crippen LogP contribution < -0.4 is 16.4 Å². The second kappa shape index (κ2) is 9.14. The summed E-state index contributed by atoms with van der Waals surface area (Å²) in [5.41, 5.74) is 5.57. The van der Waals surface area contributed by atoms with Gasteiger partial charge in [0, 0.05) is 13.6 Å². The molecule has 1 heterocycles. The van der Waals surface area contributed by atoms with Gasteiger partial charge in [0.15, 0.2) is 11.7 Å². The molecule has 1 aliphatic carbocycles. The number of hydrogen-bond acceptors (Lipinski definition) is 3. The number of guanidine groups is 1. The first-order chi connectivity index (χ1) is 10.6. The van der Waals surface area contributed by atoms with Crippen LogP contribution in [0, 0.1) is 5.41 Å². The molecule has 130 valence electrons. The molecule has 1 aromatic heterocycles. The Bertz CT molecular complexity index is 536. The molecule has 0 aliphatic heterocycles. The molecule has 6 nitrogen and oxygen atoms in total. The molecule has 2 rings (SSSR count). The fraction of sp³-hybridized carbons (Fsp3) is 0.625. The summed E-state index contributed by atoms with van der Waals surface area (Å²) in [7, 11) is 1.75. The van der Waals surface area contributed by atoms with Gasteiger partial charge in [-0.15, -0.1) is 24.0 Å². The van der Waals surface area contributed by atoms with Crippen molar-refractivity contribution < 1.29 is 9.21 Å². The van der Waals surface area contributed by atoms with Crippen molar-refractivity contribution in [2.75, 3.05) is 13.6 Å². The van der Waals surface area contributed by atoms with Crippen molar-refractivity contribution in [2.45, 2.75) is 45.6 Å². The van der Waals surface area contributed by atoms with Gasteiger partial charge in [-0.25, -0.2) is 0 Å². The van der Waals surface area contributed by atoms with Crippen LogP contribution in [0.2, 0.25) is 0 Å². The Balaban J connectivity index is 0.00000264. The van der Waals surface area contributed by atoms with Gasteiger partial charge in [-0.1, -0.05) is 19.8 Å². The lowest BCUT2D eigenvalue weighted by Gasteiger charge is -2.28. The quantitative estimate of drug-likeness (QED) is 0.365. The summed E-state index contributed by atoms with van der Waals surface area (Å²) >= 11 is 0. The molecular formula is C16H27IN4O2. The molecule has 1 aliphatic rings. The van der Waals surface area contributed by atoms with Crippen LogP contribution in [0.3, 0.4) is 0 Å². The lowest BCUT2D eigenvalue weighted by molar-refractivity contribution is 0.0972. The Hall–Kier alpha value is -1.25. The summed E-state index contributed by atoms with van der Waals surface area (Å²) in [5.74, 6) is 1.02. The fourth-order valence-corrected chi connectivity index (χ4v) is 3.05. The van der Waals surface area contributed by atoms with Gasteiger partial charge < -0.3 is 20.8 Å². The van der Waals surface area contributed by atoms with E-state index in [0.717, 1.165) is 12.5 Å². The third-order valence-electron chi connectivity index (χ3n) is 4.60. The van der Waals surface area contributed by atoms with Crippen LogP contribution in [0.25, 0.3) is 0 Å². The molecule has 0 bridgehead atoms. The van der Waals surface area contributed by atoms with Crippen LogP contribution in [0.1, 0.15) is 55.3 Å². The summed E-state index contributed by atoms with van der Waals surface area (Å²) in [4.78, 5) is 15.2. The molecular weight excluding hydrogens is 407 g/mol. The average Bonchev–Trinajstić information content (AvgIpc) is 3.17. The van der Waals surface area contributed by atoms with E-state index in [-0.39, 0.29) is 29.7 Å². The summed E-state index contributed by atoms with van der Waals surface area (Å²) in [6, 6.07) is 3.32. The second-order valence-corrected chi connectivity index (χ2v) is 5.97. The molecule has 1 aromatic rings. The first-order valence-corrected chi connectivity index (χ1v) is 7.91. The largest absolute Gasteiger partial charge is 0.454 e. The first kappa shape index (κ1) is 19.8. The van der Waals surface area contributed by atoms with Crippen LogP contribution in [-0.4, -0.2) is 25.5 Å². The van der Waals surface area contributed by atoms with E-state index in [0.29, 0.717) is 17.7 Å².